The normalized spacial score (nSPS) is 11.9. The van der Waals surface area contributed by atoms with Crippen molar-refractivity contribution in [3.8, 4) is 0 Å². The highest BCUT2D eigenvalue weighted by atomic mass is 16.6. The third-order valence-electron chi connectivity index (χ3n) is 17.1. The van der Waals surface area contributed by atoms with Gasteiger partial charge in [0.15, 0.2) is 6.10 Å². The van der Waals surface area contributed by atoms with E-state index in [0.717, 1.165) is 57.8 Å². The molecule has 0 aromatic carbocycles. The topological polar surface area (TPSA) is 78.9 Å². The van der Waals surface area contributed by atoms with Crippen molar-refractivity contribution in [2.45, 2.75) is 438 Å². The predicted molar refractivity (Wildman–Crippen MR) is 344 cm³/mol. The van der Waals surface area contributed by atoms with Crippen LogP contribution in [0.5, 0.6) is 0 Å². The van der Waals surface area contributed by atoms with E-state index < -0.39 is 6.10 Å². The maximum absolute atomic E-state index is 12.9. The molecule has 0 aliphatic carbocycles. The highest BCUT2D eigenvalue weighted by Crippen LogP contribution is 2.20. The second kappa shape index (κ2) is 68.9. The van der Waals surface area contributed by atoms with Gasteiger partial charge in [0, 0.05) is 19.3 Å². The van der Waals surface area contributed by atoms with Gasteiger partial charge in [-0.15, -0.1) is 0 Å². The van der Waals surface area contributed by atoms with Crippen LogP contribution in [-0.2, 0) is 28.6 Å². The summed E-state index contributed by atoms with van der Waals surface area (Å²) in [4.78, 5) is 38.3. The summed E-state index contributed by atoms with van der Waals surface area (Å²) in [6, 6.07) is 0. The number of carbonyl (C=O) groups excluding carboxylic acids is 3. The lowest BCUT2D eigenvalue weighted by Gasteiger charge is -2.18. The van der Waals surface area contributed by atoms with Crippen LogP contribution in [0.2, 0.25) is 0 Å². The van der Waals surface area contributed by atoms with E-state index in [0.29, 0.717) is 19.3 Å². The first-order chi connectivity index (χ1) is 39.0. The molecule has 0 N–H and O–H groups in total. The average molecular weight is 1120 g/mol. The number of unbranched alkanes of at least 4 members (excludes halogenated alkanes) is 58. The predicted octanol–water partition coefficient (Wildman–Crippen LogP) is 25.0. The second-order valence-electron chi connectivity index (χ2n) is 25.2. The van der Waals surface area contributed by atoms with Crippen LogP contribution in [0.25, 0.3) is 0 Å². The van der Waals surface area contributed by atoms with Gasteiger partial charge in [-0.05, 0) is 19.3 Å². The Balaban J connectivity index is 3.99. The molecule has 79 heavy (non-hydrogen) atoms. The average Bonchev–Trinajstić information content (AvgIpc) is 3.45. The lowest BCUT2D eigenvalue weighted by Crippen LogP contribution is -2.30. The third-order valence-corrected chi connectivity index (χ3v) is 17.1. The maximum Gasteiger partial charge on any atom is 0.306 e. The summed E-state index contributed by atoms with van der Waals surface area (Å²) in [7, 11) is 0. The number of hydrogen-bond acceptors (Lipinski definition) is 6. The van der Waals surface area contributed by atoms with Crippen molar-refractivity contribution in [1.29, 1.82) is 0 Å². The Hall–Kier alpha value is -1.59. The van der Waals surface area contributed by atoms with Gasteiger partial charge in [0.2, 0.25) is 0 Å². The third kappa shape index (κ3) is 67.1. The molecule has 1 unspecified atom stereocenters. The van der Waals surface area contributed by atoms with E-state index in [-0.39, 0.29) is 31.1 Å². The molecular formula is C73H142O6. The van der Waals surface area contributed by atoms with Crippen molar-refractivity contribution < 1.29 is 28.6 Å². The molecule has 0 saturated carbocycles. The van der Waals surface area contributed by atoms with Gasteiger partial charge in [0.1, 0.15) is 13.2 Å². The molecule has 1 atom stereocenters. The molecule has 6 nitrogen and oxygen atoms in total. The highest BCUT2D eigenvalue weighted by molar-refractivity contribution is 5.71. The minimum absolute atomic E-state index is 0.0606. The number of hydrogen-bond donors (Lipinski definition) is 0. The fourth-order valence-corrected chi connectivity index (χ4v) is 11.6. The van der Waals surface area contributed by atoms with Gasteiger partial charge < -0.3 is 14.2 Å². The molecule has 0 radical (unpaired) electrons. The zero-order valence-corrected chi connectivity index (χ0v) is 54.2. The molecule has 0 saturated heterocycles. The summed E-state index contributed by atoms with van der Waals surface area (Å²) >= 11 is 0. The van der Waals surface area contributed by atoms with Crippen LogP contribution in [0.4, 0.5) is 0 Å². The maximum atomic E-state index is 12.9. The van der Waals surface area contributed by atoms with Crippen LogP contribution in [0.3, 0.4) is 0 Å². The number of esters is 3. The molecule has 0 heterocycles. The van der Waals surface area contributed by atoms with E-state index in [4.69, 9.17) is 14.2 Å². The van der Waals surface area contributed by atoms with E-state index in [1.165, 1.54) is 334 Å². The van der Waals surface area contributed by atoms with Crippen molar-refractivity contribution in [2.75, 3.05) is 13.2 Å². The molecule has 0 aromatic heterocycles. The summed E-state index contributed by atoms with van der Waals surface area (Å²) in [5.41, 5.74) is 0. The van der Waals surface area contributed by atoms with Gasteiger partial charge in [-0.25, -0.2) is 0 Å². The van der Waals surface area contributed by atoms with Crippen LogP contribution >= 0.6 is 0 Å². The van der Waals surface area contributed by atoms with Crippen LogP contribution in [-0.4, -0.2) is 37.2 Å². The second-order valence-corrected chi connectivity index (χ2v) is 25.2. The monoisotopic (exact) mass is 1120 g/mol. The van der Waals surface area contributed by atoms with Crippen LogP contribution < -0.4 is 0 Å². The SMILES string of the molecule is CCCCCCCCCCCCCCCCCCCCCCCCCCCCCCCCCCCCC(=O)OCC(COC(=O)CCCCCCCCCCCCC)OC(=O)CCCCCCCCCCCCCCCCCC. The minimum Gasteiger partial charge on any atom is -0.462 e. The summed E-state index contributed by atoms with van der Waals surface area (Å²) in [6.45, 7) is 6.73. The first-order valence-electron chi connectivity index (χ1n) is 36.5. The van der Waals surface area contributed by atoms with Crippen molar-refractivity contribution in [3.05, 3.63) is 0 Å². The molecular weight excluding hydrogens is 973 g/mol. The van der Waals surface area contributed by atoms with Crippen LogP contribution in [0.1, 0.15) is 432 Å². The standard InChI is InChI=1S/C73H142O6/c1-4-7-10-13-16-19-22-24-26-28-29-30-31-32-33-34-35-36-37-38-39-40-41-42-43-44-45-47-48-51-54-57-60-63-66-72(75)78-69-70(68-77-71(74)65-62-59-56-53-50-21-18-15-12-9-6-3)79-73(76)67-64-61-58-55-52-49-46-27-25-23-20-17-14-11-8-5-2/h70H,4-69H2,1-3H3. The van der Waals surface area contributed by atoms with Crippen LogP contribution in [0.15, 0.2) is 0 Å². The molecule has 0 aliphatic heterocycles. The van der Waals surface area contributed by atoms with Gasteiger partial charge in [-0.2, -0.15) is 0 Å². The van der Waals surface area contributed by atoms with Gasteiger partial charge in [-0.1, -0.05) is 393 Å². The minimum atomic E-state index is -0.762. The Bertz CT molecular complexity index is 1190. The molecule has 0 bridgehead atoms. The number of rotatable bonds is 69. The first kappa shape index (κ1) is 77.4. The van der Waals surface area contributed by atoms with E-state index >= 15 is 0 Å². The van der Waals surface area contributed by atoms with Crippen molar-refractivity contribution in [1.82, 2.24) is 0 Å². The van der Waals surface area contributed by atoms with Crippen molar-refractivity contribution in [2.24, 2.45) is 0 Å². The zero-order valence-electron chi connectivity index (χ0n) is 54.2. The number of ether oxygens (including phenoxy) is 3. The van der Waals surface area contributed by atoms with Crippen LogP contribution in [0, 0.1) is 0 Å². The van der Waals surface area contributed by atoms with Gasteiger partial charge in [-0.3, -0.25) is 14.4 Å². The molecule has 470 valence electrons. The molecule has 6 heteroatoms. The Kier molecular flexibility index (Phi) is 67.5. The molecule has 0 aliphatic rings. The number of carbonyl (C=O) groups is 3. The largest absolute Gasteiger partial charge is 0.462 e. The van der Waals surface area contributed by atoms with Crippen molar-refractivity contribution in [3.63, 3.8) is 0 Å². The molecule has 0 amide bonds. The van der Waals surface area contributed by atoms with Gasteiger partial charge in [0.25, 0.3) is 0 Å². The molecule has 0 spiro atoms. The summed E-state index contributed by atoms with van der Waals surface area (Å²) in [5, 5.41) is 0. The smallest absolute Gasteiger partial charge is 0.306 e. The molecule has 0 rings (SSSR count). The molecule has 0 fully saturated rings. The Morgan fingerprint density at radius 1 is 0.203 bits per heavy atom. The molecule has 0 aromatic rings. The Morgan fingerprint density at radius 3 is 0.506 bits per heavy atom. The van der Waals surface area contributed by atoms with E-state index in [9.17, 15) is 14.4 Å². The van der Waals surface area contributed by atoms with E-state index in [1.54, 1.807) is 0 Å². The first-order valence-corrected chi connectivity index (χ1v) is 36.5. The summed E-state index contributed by atoms with van der Waals surface area (Å²) in [5.74, 6) is -0.825. The fourth-order valence-electron chi connectivity index (χ4n) is 11.6. The zero-order chi connectivity index (χ0) is 57.1. The fraction of sp³-hybridized carbons (Fsp3) is 0.959. The Morgan fingerprint density at radius 2 is 0.342 bits per heavy atom. The summed E-state index contributed by atoms with van der Waals surface area (Å²) < 4.78 is 17.0. The Labute approximate surface area is 495 Å². The summed E-state index contributed by atoms with van der Waals surface area (Å²) in [6.07, 6.45) is 81.7. The van der Waals surface area contributed by atoms with Gasteiger partial charge >= 0.3 is 17.9 Å². The quantitative estimate of drug-likeness (QED) is 0.0343. The van der Waals surface area contributed by atoms with Crippen molar-refractivity contribution >= 4 is 17.9 Å². The van der Waals surface area contributed by atoms with E-state index in [1.807, 2.05) is 0 Å². The lowest BCUT2D eigenvalue weighted by molar-refractivity contribution is -0.167. The lowest BCUT2D eigenvalue weighted by atomic mass is 10.0. The highest BCUT2D eigenvalue weighted by Gasteiger charge is 2.20. The van der Waals surface area contributed by atoms with Gasteiger partial charge in [0.05, 0.1) is 0 Å². The van der Waals surface area contributed by atoms with E-state index in [2.05, 4.69) is 20.8 Å².